The maximum absolute atomic E-state index is 4.90. The minimum atomic E-state index is 0.511. The van der Waals surface area contributed by atoms with E-state index in [0.29, 0.717) is 12.0 Å². The fourth-order valence-corrected chi connectivity index (χ4v) is 3.35. The molecule has 0 atom stereocenters. The normalized spacial score (nSPS) is 11.5. The van der Waals surface area contributed by atoms with Crippen molar-refractivity contribution in [3.63, 3.8) is 0 Å². The van der Waals surface area contributed by atoms with Gasteiger partial charge in [-0.3, -0.25) is 0 Å². The van der Waals surface area contributed by atoms with Crippen LogP contribution in [0.25, 0.3) is 0 Å². The number of thiazole rings is 1. The van der Waals surface area contributed by atoms with Crippen molar-refractivity contribution in [1.29, 1.82) is 0 Å². The van der Waals surface area contributed by atoms with Crippen LogP contribution in [0.2, 0.25) is 0 Å². The molecule has 2 aromatic rings. The van der Waals surface area contributed by atoms with Gasteiger partial charge in [0.2, 0.25) is 0 Å². The molecule has 0 saturated heterocycles. The molecule has 3 heteroatoms. The standard InChI is InChI=1S/C18H26N2S/c1-13(2)10-16-17(12-19-14(3)4)21-18(20-16)11-15-8-6-5-7-9-15/h5-9,13-14,19H,10-12H2,1-4H3. The molecule has 2 rings (SSSR count). The summed E-state index contributed by atoms with van der Waals surface area (Å²) in [7, 11) is 0. The SMILES string of the molecule is CC(C)Cc1nc(Cc2ccccc2)sc1CNC(C)C. The van der Waals surface area contributed by atoms with Crippen molar-refractivity contribution in [2.45, 2.75) is 53.1 Å². The van der Waals surface area contributed by atoms with E-state index in [-0.39, 0.29) is 0 Å². The third kappa shape index (κ3) is 5.25. The average molecular weight is 302 g/mol. The van der Waals surface area contributed by atoms with Gasteiger partial charge >= 0.3 is 0 Å². The predicted molar refractivity (Wildman–Crippen MR) is 91.9 cm³/mol. The molecule has 0 radical (unpaired) electrons. The van der Waals surface area contributed by atoms with Crippen molar-refractivity contribution in [2.75, 3.05) is 0 Å². The monoisotopic (exact) mass is 302 g/mol. The number of rotatable bonds is 7. The first-order valence-electron chi connectivity index (χ1n) is 7.79. The van der Waals surface area contributed by atoms with Gasteiger partial charge in [0.05, 0.1) is 10.7 Å². The first-order valence-corrected chi connectivity index (χ1v) is 8.61. The van der Waals surface area contributed by atoms with E-state index in [1.165, 1.54) is 21.1 Å². The summed E-state index contributed by atoms with van der Waals surface area (Å²) < 4.78 is 0. The van der Waals surface area contributed by atoms with Crippen LogP contribution in [0.1, 0.15) is 48.8 Å². The molecule has 1 heterocycles. The first-order chi connectivity index (χ1) is 10.0. The molecule has 0 aliphatic carbocycles. The van der Waals surface area contributed by atoms with Crippen LogP contribution in [0.4, 0.5) is 0 Å². The Balaban J connectivity index is 2.14. The van der Waals surface area contributed by atoms with Crippen LogP contribution >= 0.6 is 11.3 Å². The van der Waals surface area contributed by atoms with E-state index in [1.807, 2.05) is 11.3 Å². The minimum Gasteiger partial charge on any atom is -0.310 e. The van der Waals surface area contributed by atoms with E-state index in [2.05, 4.69) is 63.3 Å². The van der Waals surface area contributed by atoms with Crippen molar-refractivity contribution in [3.8, 4) is 0 Å². The fraction of sp³-hybridized carbons (Fsp3) is 0.500. The quantitative estimate of drug-likeness (QED) is 0.818. The van der Waals surface area contributed by atoms with Gasteiger partial charge in [-0.25, -0.2) is 4.98 Å². The lowest BCUT2D eigenvalue weighted by atomic mass is 10.1. The Morgan fingerprint density at radius 3 is 2.43 bits per heavy atom. The number of hydrogen-bond donors (Lipinski definition) is 1. The summed E-state index contributed by atoms with van der Waals surface area (Å²) in [6, 6.07) is 11.1. The number of benzene rings is 1. The van der Waals surface area contributed by atoms with Crippen LogP contribution in [-0.2, 0) is 19.4 Å². The van der Waals surface area contributed by atoms with Gasteiger partial charge < -0.3 is 5.32 Å². The van der Waals surface area contributed by atoms with E-state index in [9.17, 15) is 0 Å². The van der Waals surface area contributed by atoms with Gasteiger partial charge in [-0.05, 0) is 17.9 Å². The lowest BCUT2D eigenvalue weighted by Gasteiger charge is -2.08. The average Bonchev–Trinajstić information content (AvgIpc) is 2.78. The Morgan fingerprint density at radius 2 is 1.81 bits per heavy atom. The van der Waals surface area contributed by atoms with Gasteiger partial charge in [0, 0.05) is 23.9 Å². The molecule has 0 bridgehead atoms. The molecule has 0 aliphatic rings. The molecular weight excluding hydrogens is 276 g/mol. The molecule has 1 aromatic carbocycles. The molecule has 0 aliphatic heterocycles. The second kappa shape index (κ2) is 7.71. The van der Waals surface area contributed by atoms with Gasteiger partial charge in [-0.2, -0.15) is 0 Å². The van der Waals surface area contributed by atoms with Gasteiger partial charge in [-0.1, -0.05) is 58.0 Å². The van der Waals surface area contributed by atoms with E-state index in [4.69, 9.17) is 4.98 Å². The van der Waals surface area contributed by atoms with Crippen molar-refractivity contribution in [2.24, 2.45) is 5.92 Å². The lowest BCUT2D eigenvalue weighted by molar-refractivity contribution is 0.581. The van der Waals surface area contributed by atoms with Crippen LogP contribution in [-0.4, -0.2) is 11.0 Å². The highest BCUT2D eigenvalue weighted by Crippen LogP contribution is 2.23. The second-order valence-electron chi connectivity index (χ2n) is 6.27. The van der Waals surface area contributed by atoms with Crippen molar-refractivity contribution >= 4 is 11.3 Å². The molecule has 0 spiro atoms. The zero-order chi connectivity index (χ0) is 15.2. The highest BCUT2D eigenvalue weighted by atomic mass is 32.1. The van der Waals surface area contributed by atoms with Crippen molar-refractivity contribution < 1.29 is 0 Å². The maximum Gasteiger partial charge on any atom is 0.0975 e. The second-order valence-corrected chi connectivity index (χ2v) is 7.44. The summed E-state index contributed by atoms with van der Waals surface area (Å²) in [5.41, 5.74) is 2.62. The van der Waals surface area contributed by atoms with Crippen molar-refractivity contribution in [3.05, 3.63) is 51.5 Å². The summed E-state index contributed by atoms with van der Waals surface area (Å²) in [6.45, 7) is 9.83. The van der Waals surface area contributed by atoms with Crippen molar-refractivity contribution in [1.82, 2.24) is 10.3 Å². The van der Waals surface area contributed by atoms with E-state index < -0.39 is 0 Å². The Bertz CT molecular complexity index is 544. The van der Waals surface area contributed by atoms with E-state index in [0.717, 1.165) is 19.4 Å². The minimum absolute atomic E-state index is 0.511. The molecule has 1 aromatic heterocycles. The fourth-order valence-electron chi connectivity index (χ4n) is 2.26. The number of nitrogens with zero attached hydrogens (tertiary/aromatic N) is 1. The smallest absolute Gasteiger partial charge is 0.0975 e. The Morgan fingerprint density at radius 1 is 1.10 bits per heavy atom. The summed E-state index contributed by atoms with van der Waals surface area (Å²) in [4.78, 5) is 6.31. The summed E-state index contributed by atoms with van der Waals surface area (Å²) in [5, 5.41) is 4.76. The predicted octanol–water partition coefficient (Wildman–Crippen LogP) is 4.43. The molecule has 21 heavy (non-hydrogen) atoms. The van der Waals surface area contributed by atoms with Crippen LogP contribution in [0.3, 0.4) is 0 Å². The third-order valence-electron chi connectivity index (χ3n) is 3.29. The zero-order valence-corrected chi connectivity index (χ0v) is 14.3. The molecule has 0 unspecified atom stereocenters. The maximum atomic E-state index is 4.90. The van der Waals surface area contributed by atoms with Gasteiger partial charge in [0.1, 0.15) is 0 Å². The highest BCUT2D eigenvalue weighted by Gasteiger charge is 2.13. The molecular formula is C18H26N2S. The lowest BCUT2D eigenvalue weighted by Crippen LogP contribution is -2.22. The molecule has 0 saturated carbocycles. The Labute approximate surface area is 132 Å². The topological polar surface area (TPSA) is 24.9 Å². The van der Waals surface area contributed by atoms with Crippen LogP contribution in [0.15, 0.2) is 30.3 Å². The molecule has 2 nitrogen and oxygen atoms in total. The summed E-state index contributed by atoms with van der Waals surface area (Å²) in [6.07, 6.45) is 2.01. The van der Waals surface area contributed by atoms with E-state index in [1.54, 1.807) is 0 Å². The van der Waals surface area contributed by atoms with Crippen LogP contribution in [0.5, 0.6) is 0 Å². The zero-order valence-electron chi connectivity index (χ0n) is 13.5. The highest BCUT2D eigenvalue weighted by molar-refractivity contribution is 7.11. The largest absolute Gasteiger partial charge is 0.310 e. The summed E-state index contributed by atoms with van der Waals surface area (Å²) >= 11 is 1.86. The number of nitrogens with one attached hydrogen (secondary N) is 1. The van der Waals surface area contributed by atoms with Crippen LogP contribution in [0, 0.1) is 5.92 Å². The Kier molecular flexibility index (Phi) is 5.95. The van der Waals surface area contributed by atoms with Gasteiger partial charge in [0.15, 0.2) is 0 Å². The third-order valence-corrected chi connectivity index (χ3v) is 4.39. The van der Waals surface area contributed by atoms with E-state index >= 15 is 0 Å². The molecule has 1 N–H and O–H groups in total. The summed E-state index contributed by atoms with van der Waals surface area (Å²) in [5.74, 6) is 0.648. The van der Waals surface area contributed by atoms with Gasteiger partial charge in [-0.15, -0.1) is 11.3 Å². The molecule has 114 valence electrons. The Hall–Kier alpha value is -1.19. The number of hydrogen-bond acceptors (Lipinski definition) is 3. The van der Waals surface area contributed by atoms with Crippen LogP contribution < -0.4 is 5.32 Å². The molecule has 0 fully saturated rings. The molecule has 0 amide bonds. The van der Waals surface area contributed by atoms with Gasteiger partial charge in [0.25, 0.3) is 0 Å². The number of aromatic nitrogens is 1. The first kappa shape index (κ1) is 16.2.